The number of ketones is 1. The molecule has 0 aliphatic carbocycles. The number of Topliss-reactive ketones (excluding diaryl/α,β-unsaturated/α-hetero) is 1. The Kier molecular flexibility index (Phi) is 6.58. The molecule has 1 heterocycles. The molecule has 0 spiro atoms. The molecule has 0 unspecified atom stereocenters. The largest absolute Gasteiger partial charge is 0.366 e. The predicted molar refractivity (Wildman–Crippen MR) is 93.1 cm³/mol. The lowest BCUT2D eigenvalue weighted by Gasteiger charge is -2.36. The van der Waals surface area contributed by atoms with Gasteiger partial charge in [-0.2, -0.15) is 0 Å². The van der Waals surface area contributed by atoms with Crippen LogP contribution in [0.5, 0.6) is 0 Å². The molecule has 5 nitrogen and oxygen atoms in total. The summed E-state index contributed by atoms with van der Waals surface area (Å²) >= 11 is 0. The van der Waals surface area contributed by atoms with Crippen LogP contribution in [0.15, 0.2) is 18.2 Å². The van der Waals surface area contributed by atoms with Crippen LogP contribution in [0.1, 0.15) is 43.5 Å². The molecule has 2 rings (SSSR count). The molecule has 1 aliphatic rings. The maximum absolute atomic E-state index is 14.2. The first-order valence-electron chi connectivity index (χ1n) is 8.61. The van der Waals surface area contributed by atoms with Crippen molar-refractivity contribution in [3.05, 3.63) is 29.6 Å². The van der Waals surface area contributed by atoms with Gasteiger partial charge in [0.1, 0.15) is 5.82 Å². The number of urea groups is 1. The maximum Gasteiger partial charge on any atom is 0.317 e. The van der Waals surface area contributed by atoms with E-state index in [0.29, 0.717) is 44.0 Å². The Morgan fingerprint density at radius 2 is 1.88 bits per heavy atom. The molecule has 132 valence electrons. The summed E-state index contributed by atoms with van der Waals surface area (Å²) in [5.74, 6) is -0.537. The summed E-state index contributed by atoms with van der Waals surface area (Å²) in [6, 6.07) is 4.53. The number of hydrogen-bond acceptors (Lipinski definition) is 3. The summed E-state index contributed by atoms with van der Waals surface area (Å²) in [4.78, 5) is 27.1. The number of benzene rings is 1. The molecule has 1 N–H and O–H groups in total. The second kappa shape index (κ2) is 8.66. The summed E-state index contributed by atoms with van der Waals surface area (Å²) in [6.07, 6.45) is 3.24. The highest BCUT2D eigenvalue weighted by molar-refractivity contribution is 5.94. The molecule has 0 atom stereocenters. The first kappa shape index (κ1) is 18.2. The highest BCUT2D eigenvalue weighted by atomic mass is 19.1. The number of anilines is 1. The van der Waals surface area contributed by atoms with Crippen molar-refractivity contribution in [2.24, 2.45) is 0 Å². The van der Waals surface area contributed by atoms with Crippen LogP contribution >= 0.6 is 0 Å². The van der Waals surface area contributed by atoms with E-state index in [0.717, 1.165) is 19.3 Å². The summed E-state index contributed by atoms with van der Waals surface area (Å²) < 4.78 is 14.2. The number of rotatable bonds is 6. The molecule has 1 aromatic carbocycles. The van der Waals surface area contributed by atoms with E-state index in [1.807, 2.05) is 4.90 Å². The minimum absolute atomic E-state index is 0.0434. The lowest BCUT2D eigenvalue weighted by molar-refractivity contribution is 0.101. The zero-order valence-corrected chi connectivity index (χ0v) is 14.5. The third kappa shape index (κ3) is 4.69. The van der Waals surface area contributed by atoms with Crippen molar-refractivity contribution in [2.45, 2.75) is 33.1 Å². The van der Waals surface area contributed by atoms with E-state index in [4.69, 9.17) is 0 Å². The van der Waals surface area contributed by atoms with Gasteiger partial charge in [0, 0.05) is 38.3 Å². The third-order valence-corrected chi connectivity index (χ3v) is 4.32. The van der Waals surface area contributed by atoms with Crippen molar-refractivity contribution in [3.8, 4) is 0 Å². The van der Waals surface area contributed by atoms with E-state index in [9.17, 15) is 14.0 Å². The van der Waals surface area contributed by atoms with Crippen LogP contribution in [-0.2, 0) is 0 Å². The van der Waals surface area contributed by atoms with E-state index < -0.39 is 0 Å². The average molecular weight is 335 g/mol. The third-order valence-electron chi connectivity index (χ3n) is 4.32. The van der Waals surface area contributed by atoms with Gasteiger partial charge in [-0.3, -0.25) is 4.79 Å². The molecule has 2 amide bonds. The lowest BCUT2D eigenvalue weighted by atomic mass is 10.1. The van der Waals surface area contributed by atoms with Gasteiger partial charge in [0.05, 0.1) is 5.69 Å². The van der Waals surface area contributed by atoms with E-state index in [2.05, 4.69) is 12.2 Å². The Labute approximate surface area is 142 Å². The van der Waals surface area contributed by atoms with Gasteiger partial charge in [-0.15, -0.1) is 0 Å². The Morgan fingerprint density at radius 1 is 1.17 bits per heavy atom. The standard InChI is InChI=1S/C18H26FN3O2/c1-3-4-5-8-20-18(24)22-11-9-21(10-12-22)17-7-6-15(14(2)23)13-16(17)19/h6-7,13H,3-5,8-12H2,1-2H3,(H,20,24). The number of amides is 2. The molecule has 24 heavy (non-hydrogen) atoms. The molecular weight excluding hydrogens is 309 g/mol. The molecular formula is C18H26FN3O2. The van der Waals surface area contributed by atoms with Gasteiger partial charge in [-0.05, 0) is 31.5 Å². The maximum atomic E-state index is 14.2. The Hall–Kier alpha value is -2.11. The predicted octanol–water partition coefficient (Wildman–Crippen LogP) is 3.05. The van der Waals surface area contributed by atoms with Gasteiger partial charge in [0.2, 0.25) is 0 Å². The van der Waals surface area contributed by atoms with Gasteiger partial charge in [-0.25, -0.2) is 9.18 Å². The molecule has 1 aliphatic heterocycles. The van der Waals surface area contributed by atoms with Crippen LogP contribution in [0.4, 0.5) is 14.9 Å². The van der Waals surface area contributed by atoms with E-state index >= 15 is 0 Å². The van der Waals surface area contributed by atoms with Crippen LogP contribution in [0.3, 0.4) is 0 Å². The van der Waals surface area contributed by atoms with Crippen molar-refractivity contribution < 1.29 is 14.0 Å². The number of nitrogens with zero attached hydrogens (tertiary/aromatic N) is 2. The topological polar surface area (TPSA) is 52.7 Å². The van der Waals surface area contributed by atoms with Crippen LogP contribution in [0.2, 0.25) is 0 Å². The quantitative estimate of drug-likeness (QED) is 0.642. The second-order valence-electron chi connectivity index (χ2n) is 6.14. The van der Waals surface area contributed by atoms with Crippen molar-refractivity contribution in [3.63, 3.8) is 0 Å². The Balaban J connectivity index is 1.86. The first-order chi connectivity index (χ1) is 11.5. The number of carbonyl (C=O) groups is 2. The van der Waals surface area contributed by atoms with Crippen molar-refractivity contribution in [1.29, 1.82) is 0 Å². The molecule has 1 fully saturated rings. The van der Waals surface area contributed by atoms with Gasteiger partial charge in [0.25, 0.3) is 0 Å². The van der Waals surface area contributed by atoms with Crippen LogP contribution in [0.25, 0.3) is 0 Å². The average Bonchev–Trinajstić information content (AvgIpc) is 2.58. The van der Waals surface area contributed by atoms with Crippen LogP contribution in [-0.4, -0.2) is 49.4 Å². The monoisotopic (exact) mass is 335 g/mol. The SMILES string of the molecule is CCCCCNC(=O)N1CCN(c2ccc(C(C)=O)cc2F)CC1. The molecule has 1 saturated heterocycles. The molecule has 0 saturated carbocycles. The smallest absolute Gasteiger partial charge is 0.317 e. The number of unbranched alkanes of at least 4 members (excludes halogenated alkanes) is 2. The van der Waals surface area contributed by atoms with E-state index in [-0.39, 0.29) is 17.6 Å². The molecule has 1 aromatic rings. The molecule has 0 aromatic heterocycles. The summed E-state index contributed by atoms with van der Waals surface area (Å²) in [5, 5.41) is 2.93. The van der Waals surface area contributed by atoms with Crippen molar-refractivity contribution in [2.75, 3.05) is 37.6 Å². The Morgan fingerprint density at radius 3 is 2.46 bits per heavy atom. The molecule has 0 radical (unpaired) electrons. The van der Waals surface area contributed by atoms with Gasteiger partial charge in [0.15, 0.2) is 5.78 Å². The highest BCUT2D eigenvalue weighted by Gasteiger charge is 2.22. The molecule has 0 bridgehead atoms. The normalized spacial score (nSPS) is 14.6. The number of hydrogen-bond donors (Lipinski definition) is 1. The lowest BCUT2D eigenvalue weighted by Crippen LogP contribution is -2.52. The van der Waals surface area contributed by atoms with E-state index in [1.165, 1.54) is 13.0 Å². The summed E-state index contributed by atoms with van der Waals surface area (Å²) in [7, 11) is 0. The first-order valence-corrected chi connectivity index (χ1v) is 8.61. The van der Waals surface area contributed by atoms with Gasteiger partial charge >= 0.3 is 6.03 Å². The van der Waals surface area contributed by atoms with Crippen LogP contribution < -0.4 is 10.2 Å². The number of piperazine rings is 1. The van der Waals surface area contributed by atoms with E-state index in [1.54, 1.807) is 17.0 Å². The highest BCUT2D eigenvalue weighted by Crippen LogP contribution is 2.22. The van der Waals surface area contributed by atoms with Crippen LogP contribution in [0, 0.1) is 5.82 Å². The van der Waals surface area contributed by atoms with Gasteiger partial charge in [-0.1, -0.05) is 19.8 Å². The fourth-order valence-corrected chi connectivity index (χ4v) is 2.81. The minimum atomic E-state index is -0.389. The zero-order chi connectivity index (χ0) is 17.5. The fourth-order valence-electron chi connectivity index (χ4n) is 2.81. The van der Waals surface area contributed by atoms with Crippen molar-refractivity contribution >= 4 is 17.5 Å². The Bertz CT molecular complexity index is 584. The number of halogens is 1. The summed E-state index contributed by atoms with van der Waals surface area (Å²) in [6.45, 7) is 6.54. The number of nitrogens with one attached hydrogen (secondary N) is 1. The van der Waals surface area contributed by atoms with Gasteiger partial charge < -0.3 is 15.1 Å². The minimum Gasteiger partial charge on any atom is -0.366 e. The van der Waals surface area contributed by atoms with Crippen molar-refractivity contribution in [1.82, 2.24) is 10.2 Å². The second-order valence-corrected chi connectivity index (χ2v) is 6.14. The fraction of sp³-hybridized carbons (Fsp3) is 0.556. The number of carbonyl (C=O) groups excluding carboxylic acids is 2. The molecule has 6 heteroatoms. The summed E-state index contributed by atoms with van der Waals surface area (Å²) in [5.41, 5.74) is 0.865. The zero-order valence-electron chi connectivity index (χ0n) is 14.5.